The number of aryl methyl sites for hydroxylation is 1. The molecule has 369 valence electrons. The molecule has 0 amide bonds. The zero-order valence-corrected chi connectivity index (χ0v) is 38.0. The first-order chi connectivity index (χ1) is 32.7. The average Bonchev–Trinajstić information content (AvgIpc) is 4.10. The summed E-state index contributed by atoms with van der Waals surface area (Å²) in [5.41, 5.74) is 9.37. The van der Waals surface area contributed by atoms with E-state index in [0.29, 0.717) is 50.5 Å². The lowest BCUT2D eigenvalue weighted by atomic mass is 9.96. The van der Waals surface area contributed by atoms with E-state index in [1.54, 1.807) is 45.9 Å². The molecule has 70 heavy (non-hydrogen) atoms. The molecule has 3 fully saturated rings. The summed E-state index contributed by atoms with van der Waals surface area (Å²) in [7, 11) is 0. The maximum absolute atomic E-state index is 10.7. The number of aliphatic hydroxyl groups excluding tert-OH is 6. The van der Waals surface area contributed by atoms with Gasteiger partial charge in [0.2, 0.25) is 0 Å². The summed E-state index contributed by atoms with van der Waals surface area (Å²) in [6, 6.07) is 5.19. The molecular weight excluding hydrogens is 915 g/mol. The zero-order valence-electron chi connectivity index (χ0n) is 38.0. The molecule has 26 nitrogen and oxygen atoms in total. The smallest absolute Gasteiger partial charge is 0.167 e. The van der Waals surface area contributed by atoms with Crippen molar-refractivity contribution in [2.75, 3.05) is 36.6 Å². The van der Waals surface area contributed by atoms with Crippen molar-refractivity contribution in [3.05, 3.63) is 66.1 Å². The second-order valence-electron chi connectivity index (χ2n) is 17.5. The van der Waals surface area contributed by atoms with Crippen LogP contribution in [0.15, 0.2) is 54.4 Å². The summed E-state index contributed by atoms with van der Waals surface area (Å²) >= 11 is 0. The van der Waals surface area contributed by atoms with Crippen molar-refractivity contribution in [2.45, 2.75) is 99.8 Å². The van der Waals surface area contributed by atoms with Gasteiger partial charge in [-0.15, -0.1) is 0 Å². The Morgan fingerprint density at radius 2 is 1.23 bits per heavy atom. The van der Waals surface area contributed by atoms with Gasteiger partial charge >= 0.3 is 0 Å². The number of rotatable bonds is 7. The Morgan fingerprint density at radius 1 is 0.743 bits per heavy atom. The van der Waals surface area contributed by atoms with Crippen LogP contribution in [0.1, 0.15) is 50.6 Å². The van der Waals surface area contributed by atoms with Gasteiger partial charge < -0.3 is 90.7 Å². The van der Waals surface area contributed by atoms with Gasteiger partial charge in [0.1, 0.15) is 106 Å². The van der Waals surface area contributed by atoms with Crippen molar-refractivity contribution in [1.82, 2.24) is 38.6 Å². The van der Waals surface area contributed by atoms with Crippen LogP contribution >= 0.6 is 0 Å². The van der Waals surface area contributed by atoms with E-state index < -0.39 is 85.3 Å². The molecule has 0 aliphatic carbocycles. The molecule has 0 bridgehead atoms. The van der Waals surface area contributed by atoms with Crippen molar-refractivity contribution in [1.29, 1.82) is 10.7 Å². The molecule has 0 spiro atoms. The lowest BCUT2D eigenvalue weighted by Crippen LogP contribution is -2.44. The molecular formula is C43H52BN14O12. The predicted molar refractivity (Wildman–Crippen MR) is 249 cm³/mol. The van der Waals surface area contributed by atoms with Crippen molar-refractivity contribution >= 4 is 76.9 Å². The number of nitrogens with two attached hydrogens (primary N) is 2. The number of aromatic nitrogens is 8. The third kappa shape index (κ3) is 8.52. The minimum absolute atomic E-state index is 0. The third-order valence-electron chi connectivity index (χ3n) is 12.7. The number of nitrogens with zero attached hydrogens (tertiary/aromatic N) is 10. The lowest BCUT2D eigenvalue weighted by Gasteiger charge is -2.28. The second-order valence-corrected chi connectivity index (χ2v) is 17.5. The average molecular weight is 968 g/mol. The van der Waals surface area contributed by atoms with E-state index in [-0.39, 0.29) is 26.3 Å². The molecule has 0 saturated carbocycles. The Kier molecular flexibility index (Phi) is 14.2. The van der Waals surface area contributed by atoms with Crippen LogP contribution in [0, 0.1) is 23.7 Å². The molecule has 10 rings (SSSR count). The number of ether oxygens (including phenoxy) is 3. The van der Waals surface area contributed by atoms with Gasteiger partial charge in [-0.3, -0.25) is 5.41 Å². The predicted octanol–water partition coefficient (Wildman–Crippen LogP) is -1.90. The van der Waals surface area contributed by atoms with Crippen LogP contribution in [0.25, 0.3) is 38.9 Å². The van der Waals surface area contributed by atoms with Gasteiger partial charge in [-0.25, -0.2) is 29.9 Å². The summed E-state index contributed by atoms with van der Waals surface area (Å²) in [6.45, 7) is 4.96. The Labute approximate surface area is 399 Å². The Balaban J connectivity index is 0.000000154. The van der Waals surface area contributed by atoms with E-state index in [9.17, 15) is 46.0 Å². The summed E-state index contributed by atoms with van der Waals surface area (Å²) in [5, 5.41) is 112. The van der Waals surface area contributed by atoms with Crippen molar-refractivity contribution in [3.63, 3.8) is 0 Å². The van der Waals surface area contributed by atoms with Crippen molar-refractivity contribution < 1.29 is 60.2 Å². The molecule has 15 N–H and O–H groups in total. The fraction of sp³-hybridized carbons (Fsp3) is 0.442. The topological polar surface area (TPSA) is 413 Å². The van der Waals surface area contributed by atoms with Gasteiger partial charge in [0.25, 0.3) is 0 Å². The number of allylic oxidation sites excluding steroid dienone is 1. The fourth-order valence-electron chi connectivity index (χ4n) is 9.07. The van der Waals surface area contributed by atoms with E-state index in [1.807, 2.05) is 13.0 Å². The van der Waals surface area contributed by atoms with Gasteiger partial charge in [-0.05, 0) is 51.5 Å². The Hall–Kier alpha value is -6.52. The van der Waals surface area contributed by atoms with Gasteiger partial charge in [0.15, 0.2) is 18.7 Å². The Morgan fingerprint density at radius 3 is 1.73 bits per heavy atom. The highest BCUT2D eigenvalue weighted by atomic mass is 16.6. The number of nitrogens with one attached hydrogen (secondary N) is 2. The van der Waals surface area contributed by atoms with Crippen LogP contribution in [-0.4, -0.2) is 173 Å². The summed E-state index contributed by atoms with van der Waals surface area (Å²) in [5.74, 6) is 1.54. The van der Waals surface area contributed by atoms with Crippen molar-refractivity contribution in [3.8, 4) is 6.07 Å². The van der Waals surface area contributed by atoms with E-state index in [4.69, 9.17) is 36.3 Å². The first kappa shape index (κ1) is 51.3. The van der Waals surface area contributed by atoms with Crippen LogP contribution in [0.2, 0.25) is 0 Å². The first-order valence-corrected chi connectivity index (χ1v) is 21.4. The van der Waals surface area contributed by atoms with E-state index >= 15 is 0 Å². The standard InChI is InChI=1S/2C15H17N5O4.C13H18N4O4.B/c1-15(23)11(22)8(5-21)24-14(15)20-4-7-2-3-9(16)19-12-10(7)13(20)18-6-17-12;1-15(23)11(22)9(6-21)24-14(15)20-5-8(3-2-4-16)10-12(17)18-7-19-13(10)20;1-6-3-17(11-8(6)10(14)15-5-16-11)12-13(2,20)9(19)7(4-18)21-12;/h2-4,6,8,11,14,21-23H,5H2,1H3,(H2,16,17,18,19);2-3,5,7,9,11,14,21-23H,6H2,1H3,(H2,17,18,19);3,5,7,9,12,18-20H,4H2,1-2H3,(H2,14,15,16);/t8-,11-,14?,15-;9-,11-,14?,15-;7-,9-,12?,13-;/m111./s1. The number of aliphatic imine (C=N–C) groups is 1. The highest BCUT2D eigenvalue weighted by molar-refractivity contribution is 6.06. The van der Waals surface area contributed by atoms with Gasteiger partial charge in [-0.1, -0.05) is 0 Å². The number of nitrogen functional groups attached to an aromatic ring is 2. The van der Waals surface area contributed by atoms with Crippen LogP contribution in [0.3, 0.4) is 0 Å². The quantitative estimate of drug-likeness (QED) is 0.0614. The number of nitriles is 1. The minimum atomic E-state index is -1.66. The van der Waals surface area contributed by atoms with E-state index in [0.717, 1.165) is 10.9 Å². The fourth-order valence-corrected chi connectivity index (χ4v) is 9.07. The number of hydrogen-bond acceptors (Lipinski definition) is 23. The first-order valence-electron chi connectivity index (χ1n) is 21.4. The highest BCUT2D eigenvalue weighted by Crippen LogP contribution is 2.45. The van der Waals surface area contributed by atoms with Crippen LogP contribution in [-0.2, 0) is 14.2 Å². The van der Waals surface area contributed by atoms with Gasteiger partial charge in [-0.2, -0.15) is 5.26 Å². The van der Waals surface area contributed by atoms with E-state index in [1.165, 1.54) is 50.4 Å². The number of fused-ring (bicyclic) bond motifs is 2. The number of anilines is 3. The molecule has 6 aromatic heterocycles. The molecule has 3 unspecified atom stereocenters. The number of hydrogen-bond donors (Lipinski definition) is 13. The molecule has 12 atom stereocenters. The minimum Gasteiger partial charge on any atom is -0.394 e. The molecule has 10 heterocycles. The molecule has 3 saturated heterocycles. The number of aliphatic hydroxyl groups is 9. The Bertz CT molecular complexity index is 3080. The maximum atomic E-state index is 10.7. The summed E-state index contributed by atoms with van der Waals surface area (Å²) in [6.07, 6.45) is 2.77. The summed E-state index contributed by atoms with van der Waals surface area (Å²) < 4.78 is 21.6. The molecule has 4 aliphatic rings. The van der Waals surface area contributed by atoms with Gasteiger partial charge in [0, 0.05) is 44.0 Å². The van der Waals surface area contributed by atoms with Gasteiger partial charge in [0.05, 0.1) is 48.4 Å². The van der Waals surface area contributed by atoms with Crippen LogP contribution in [0.4, 0.5) is 23.3 Å². The maximum Gasteiger partial charge on any atom is 0.167 e. The highest BCUT2D eigenvalue weighted by Gasteiger charge is 2.55. The SMILES string of the molecule is C[C@]1(O)C(n2cc(C=CC#N)c3c(N)ncnc32)O[C@H](CO)[C@H]1O.C[C@]1(O)C(n2cc3ccc(=N)nc4c3c2N=CN4)O[C@H](CO)[C@H]1O.Cc1cn(C2O[C@H](CO)[C@@H](O)[C@@]2(C)O)c2ncnc(N)c12.[B]. The lowest BCUT2D eigenvalue weighted by molar-refractivity contribution is -0.0955. The monoisotopic (exact) mass is 967 g/mol. The largest absolute Gasteiger partial charge is 0.394 e. The third-order valence-corrected chi connectivity index (χ3v) is 12.7. The second kappa shape index (κ2) is 19.4. The summed E-state index contributed by atoms with van der Waals surface area (Å²) in [4.78, 5) is 24.7. The van der Waals surface area contributed by atoms with Crippen molar-refractivity contribution in [2.24, 2.45) is 4.99 Å². The molecule has 6 aromatic rings. The van der Waals surface area contributed by atoms with Crippen LogP contribution < -0.4 is 22.3 Å². The normalized spacial score (nSPS) is 31.0. The molecule has 27 heteroatoms. The molecule has 3 radical (unpaired) electrons. The zero-order chi connectivity index (χ0) is 49.9. The molecule has 0 aromatic carbocycles. The van der Waals surface area contributed by atoms with Crippen LogP contribution in [0.5, 0.6) is 0 Å². The molecule has 4 aliphatic heterocycles. The van der Waals surface area contributed by atoms with E-state index in [2.05, 4.69) is 35.2 Å².